The molecule has 0 atom stereocenters. The van der Waals surface area contributed by atoms with Crippen LogP contribution in [0, 0.1) is 11.6 Å². The van der Waals surface area contributed by atoms with Crippen LogP contribution in [0.2, 0.25) is 0 Å². The molecule has 0 spiro atoms. The highest BCUT2D eigenvalue weighted by Gasteiger charge is 2.21. The summed E-state index contributed by atoms with van der Waals surface area (Å²) in [6, 6.07) is 7.13. The van der Waals surface area contributed by atoms with Gasteiger partial charge < -0.3 is 5.73 Å². The summed E-state index contributed by atoms with van der Waals surface area (Å²) in [4.78, 5) is 12.5. The molecule has 0 unspecified atom stereocenters. The van der Waals surface area contributed by atoms with Crippen molar-refractivity contribution in [2.24, 2.45) is 0 Å². The Bertz CT molecular complexity index is 875. The van der Waals surface area contributed by atoms with Gasteiger partial charge in [0.1, 0.15) is 5.82 Å². The Balaban J connectivity index is 2.20. The van der Waals surface area contributed by atoms with Crippen LogP contribution >= 0.6 is 27.3 Å². The van der Waals surface area contributed by atoms with E-state index in [-0.39, 0.29) is 11.3 Å². The fourth-order valence-corrected chi connectivity index (χ4v) is 3.72. The van der Waals surface area contributed by atoms with Crippen LogP contribution in [0.25, 0.3) is 10.1 Å². The van der Waals surface area contributed by atoms with Crippen molar-refractivity contribution in [3.63, 3.8) is 0 Å². The molecule has 2 N–H and O–H groups in total. The lowest BCUT2D eigenvalue weighted by atomic mass is 10.0. The standard InChI is InChI=1S/C15H8BrF2NOS/c16-11-3-1-2-8-10(6-21-15(8)11)14(20)9-4-7(17)5-12(19)13(9)18/h1-6H,19H2. The lowest BCUT2D eigenvalue weighted by Gasteiger charge is -2.05. The average molecular weight is 368 g/mol. The molecule has 0 bridgehead atoms. The Kier molecular flexibility index (Phi) is 3.51. The molecule has 3 aromatic rings. The molecule has 1 aromatic heterocycles. The van der Waals surface area contributed by atoms with Gasteiger partial charge in [0, 0.05) is 25.5 Å². The van der Waals surface area contributed by atoms with Crippen LogP contribution in [0.15, 0.2) is 40.2 Å². The van der Waals surface area contributed by atoms with Crippen LogP contribution in [-0.2, 0) is 0 Å². The first-order chi connectivity index (χ1) is 9.99. The fourth-order valence-electron chi connectivity index (χ4n) is 2.12. The van der Waals surface area contributed by atoms with Crippen molar-refractivity contribution in [3.05, 3.63) is 62.9 Å². The molecule has 0 aliphatic heterocycles. The number of carbonyl (C=O) groups excluding carboxylic acids is 1. The topological polar surface area (TPSA) is 43.1 Å². The number of hydrogen-bond donors (Lipinski definition) is 1. The maximum Gasteiger partial charge on any atom is 0.197 e. The van der Waals surface area contributed by atoms with E-state index in [0.29, 0.717) is 10.9 Å². The average Bonchev–Trinajstić information content (AvgIpc) is 2.87. The number of thiophene rings is 1. The zero-order chi connectivity index (χ0) is 15.1. The molecule has 2 nitrogen and oxygen atoms in total. The van der Waals surface area contributed by atoms with Gasteiger partial charge in [-0.25, -0.2) is 8.78 Å². The molecule has 2 aromatic carbocycles. The summed E-state index contributed by atoms with van der Waals surface area (Å²) in [7, 11) is 0. The number of nitrogens with two attached hydrogens (primary N) is 1. The summed E-state index contributed by atoms with van der Waals surface area (Å²) in [6.07, 6.45) is 0. The van der Waals surface area contributed by atoms with Gasteiger partial charge in [-0.05, 0) is 34.1 Å². The van der Waals surface area contributed by atoms with E-state index in [1.165, 1.54) is 11.3 Å². The van der Waals surface area contributed by atoms with Crippen LogP contribution in [0.5, 0.6) is 0 Å². The van der Waals surface area contributed by atoms with E-state index in [2.05, 4.69) is 15.9 Å². The van der Waals surface area contributed by atoms with Crippen LogP contribution in [0.1, 0.15) is 15.9 Å². The predicted molar refractivity (Wildman–Crippen MR) is 83.7 cm³/mol. The van der Waals surface area contributed by atoms with Gasteiger partial charge in [-0.2, -0.15) is 0 Å². The third-order valence-electron chi connectivity index (χ3n) is 3.11. The molecule has 21 heavy (non-hydrogen) atoms. The first-order valence-corrected chi connectivity index (χ1v) is 7.61. The van der Waals surface area contributed by atoms with Gasteiger partial charge in [-0.1, -0.05) is 12.1 Å². The van der Waals surface area contributed by atoms with Gasteiger partial charge in [-0.3, -0.25) is 4.79 Å². The van der Waals surface area contributed by atoms with E-state index in [9.17, 15) is 13.6 Å². The highest BCUT2D eigenvalue weighted by molar-refractivity contribution is 9.10. The lowest BCUT2D eigenvalue weighted by molar-refractivity contribution is 0.103. The molecule has 6 heteroatoms. The van der Waals surface area contributed by atoms with Gasteiger partial charge in [0.15, 0.2) is 11.6 Å². The van der Waals surface area contributed by atoms with E-state index in [0.717, 1.165) is 21.3 Å². The third-order valence-corrected chi connectivity index (χ3v) is 5.06. The zero-order valence-electron chi connectivity index (χ0n) is 10.5. The zero-order valence-corrected chi connectivity index (χ0v) is 12.9. The number of benzene rings is 2. The first-order valence-electron chi connectivity index (χ1n) is 5.94. The molecule has 0 amide bonds. The van der Waals surface area contributed by atoms with Crippen molar-refractivity contribution in [3.8, 4) is 0 Å². The predicted octanol–water partition coefficient (Wildman–Crippen LogP) is 4.76. The van der Waals surface area contributed by atoms with Crippen LogP contribution in [-0.4, -0.2) is 5.78 Å². The van der Waals surface area contributed by atoms with Gasteiger partial charge in [-0.15, -0.1) is 11.3 Å². The molecular formula is C15H8BrF2NOS. The third kappa shape index (κ3) is 2.34. The summed E-state index contributed by atoms with van der Waals surface area (Å²) in [6.45, 7) is 0. The highest BCUT2D eigenvalue weighted by Crippen LogP contribution is 2.34. The molecular weight excluding hydrogens is 360 g/mol. The Hall–Kier alpha value is -1.79. The molecule has 0 saturated carbocycles. The highest BCUT2D eigenvalue weighted by atomic mass is 79.9. The van der Waals surface area contributed by atoms with Crippen LogP contribution in [0.3, 0.4) is 0 Å². The lowest BCUT2D eigenvalue weighted by Crippen LogP contribution is -2.07. The van der Waals surface area contributed by atoms with Crippen molar-refractivity contribution in [1.29, 1.82) is 0 Å². The SMILES string of the molecule is Nc1cc(F)cc(C(=O)c2csc3c(Br)cccc23)c1F. The summed E-state index contributed by atoms with van der Waals surface area (Å²) in [5.41, 5.74) is 4.98. The molecule has 0 aliphatic carbocycles. The normalized spacial score (nSPS) is 11.0. The smallest absolute Gasteiger partial charge is 0.197 e. The van der Waals surface area contributed by atoms with Crippen LogP contribution < -0.4 is 5.73 Å². The van der Waals surface area contributed by atoms with Gasteiger partial charge in [0.2, 0.25) is 0 Å². The largest absolute Gasteiger partial charge is 0.396 e. The fraction of sp³-hybridized carbons (Fsp3) is 0. The van der Waals surface area contributed by atoms with E-state index in [1.807, 2.05) is 6.07 Å². The summed E-state index contributed by atoms with van der Waals surface area (Å²) in [5.74, 6) is -2.21. The van der Waals surface area contributed by atoms with Crippen molar-refractivity contribution >= 4 is 48.8 Å². The Morgan fingerprint density at radius 2 is 1.95 bits per heavy atom. The number of anilines is 1. The van der Waals surface area contributed by atoms with Gasteiger partial charge in [0.25, 0.3) is 0 Å². The monoisotopic (exact) mass is 367 g/mol. The molecule has 0 fully saturated rings. The number of rotatable bonds is 2. The van der Waals surface area contributed by atoms with Crippen molar-refractivity contribution in [2.75, 3.05) is 5.73 Å². The number of carbonyl (C=O) groups is 1. The molecule has 3 rings (SSSR count). The molecule has 0 saturated heterocycles. The Morgan fingerprint density at radius 1 is 1.19 bits per heavy atom. The minimum absolute atomic E-state index is 0.334. The maximum atomic E-state index is 14.0. The molecule has 106 valence electrons. The summed E-state index contributed by atoms with van der Waals surface area (Å²) in [5, 5.41) is 2.33. The van der Waals surface area contributed by atoms with Crippen LogP contribution in [0.4, 0.5) is 14.5 Å². The first kappa shape index (κ1) is 14.2. The Morgan fingerprint density at radius 3 is 2.71 bits per heavy atom. The van der Waals surface area contributed by atoms with E-state index in [1.54, 1.807) is 17.5 Å². The number of hydrogen-bond acceptors (Lipinski definition) is 3. The van der Waals surface area contributed by atoms with E-state index >= 15 is 0 Å². The second-order valence-electron chi connectivity index (χ2n) is 4.45. The summed E-state index contributed by atoms with van der Waals surface area (Å²) < 4.78 is 29.1. The minimum Gasteiger partial charge on any atom is -0.396 e. The number of ketones is 1. The van der Waals surface area contributed by atoms with Crippen molar-refractivity contribution in [1.82, 2.24) is 0 Å². The number of fused-ring (bicyclic) bond motifs is 1. The van der Waals surface area contributed by atoms with E-state index in [4.69, 9.17) is 5.73 Å². The molecule has 0 radical (unpaired) electrons. The second-order valence-corrected chi connectivity index (χ2v) is 6.19. The van der Waals surface area contributed by atoms with Crippen molar-refractivity contribution in [2.45, 2.75) is 0 Å². The van der Waals surface area contributed by atoms with Gasteiger partial charge >= 0.3 is 0 Å². The Labute approximate surface area is 131 Å². The van der Waals surface area contributed by atoms with Gasteiger partial charge in [0.05, 0.1) is 11.3 Å². The summed E-state index contributed by atoms with van der Waals surface area (Å²) >= 11 is 4.76. The number of halogens is 3. The quantitative estimate of drug-likeness (QED) is 0.524. The van der Waals surface area contributed by atoms with Crippen molar-refractivity contribution < 1.29 is 13.6 Å². The molecule has 1 heterocycles. The second kappa shape index (κ2) is 5.20. The van der Waals surface area contributed by atoms with E-state index < -0.39 is 17.4 Å². The molecule has 0 aliphatic rings. The number of nitrogen functional groups attached to an aromatic ring is 1. The maximum absolute atomic E-state index is 14.0. The minimum atomic E-state index is -0.893.